The fourth-order valence-electron chi connectivity index (χ4n) is 5.36. The van der Waals surface area contributed by atoms with Gasteiger partial charge in [-0.2, -0.15) is 0 Å². The first kappa shape index (κ1) is 36.5. The van der Waals surface area contributed by atoms with Crippen LogP contribution < -0.4 is 15.5 Å². The quantitative estimate of drug-likeness (QED) is 0.101. The SMILES string of the molecule is CC(C)CCCCCCCCCCCCCCCCCCCCCNCCCNC(=O)c1ccc(N(C)C)cc1. The molecule has 232 valence electrons. The zero-order valence-corrected chi connectivity index (χ0v) is 27.2. The molecule has 2 N–H and O–H groups in total. The smallest absolute Gasteiger partial charge is 0.251 e. The summed E-state index contributed by atoms with van der Waals surface area (Å²) in [6.45, 7) is 7.47. The van der Waals surface area contributed by atoms with Crippen molar-refractivity contribution in [3.05, 3.63) is 29.8 Å². The van der Waals surface area contributed by atoms with Crippen molar-refractivity contribution in [2.75, 3.05) is 38.6 Å². The highest BCUT2D eigenvalue weighted by Gasteiger charge is 2.05. The number of benzene rings is 1. The molecule has 0 bridgehead atoms. The van der Waals surface area contributed by atoms with Gasteiger partial charge in [-0.15, -0.1) is 0 Å². The molecular weight excluding hydrogens is 490 g/mol. The second-order valence-electron chi connectivity index (χ2n) is 12.7. The van der Waals surface area contributed by atoms with Crippen molar-refractivity contribution in [2.45, 2.75) is 149 Å². The van der Waals surface area contributed by atoms with Gasteiger partial charge in [-0.1, -0.05) is 136 Å². The first-order valence-electron chi connectivity index (χ1n) is 17.3. The van der Waals surface area contributed by atoms with Crippen molar-refractivity contribution in [2.24, 2.45) is 5.92 Å². The molecule has 1 amide bonds. The molecule has 0 aromatic heterocycles. The van der Waals surface area contributed by atoms with E-state index in [9.17, 15) is 4.79 Å². The van der Waals surface area contributed by atoms with Crippen molar-refractivity contribution in [3.8, 4) is 0 Å². The third kappa shape index (κ3) is 22.2. The summed E-state index contributed by atoms with van der Waals surface area (Å²) in [5, 5.41) is 6.55. The zero-order chi connectivity index (χ0) is 29.1. The van der Waals surface area contributed by atoms with Gasteiger partial charge in [0, 0.05) is 31.9 Å². The predicted molar refractivity (Wildman–Crippen MR) is 178 cm³/mol. The Morgan fingerprint density at radius 3 is 1.40 bits per heavy atom. The van der Waals surface area contributed by atoms with Crippen LogP contribution in [0.25, 0.3) is 0 Å². The Kier molecular flexibility index (Phi) is 24.0. The van der Waals surface area contributed by atoms with Crippen LogP contribution in [0.2, 0.25) is 0 Å². The lowest BCUT2D eigenvalue weighted by molar-refractivity contribution is 0.0953. The number of anilines is 1. The zero-order valence-electron chi connectivity index (χ0n) is 27.2. The Morgan fingerprint density at radius 2 is 0.975 bits per heavy atom. The highest BCUT2D eigenvalue weighted by atomic mass is 16.1. The summed E-state index contributed by atoms with van der Waals surface area (Å²) < 4.78 is 0. The third-order valence-corrected chi connectivity index (χ3v) is 8.10. The largest absolute Gasteiger partial charge is 0.378 e. The molecule has 0 atom stereocenters. The normalized spacial score (nSPS) is 11.3. The third-order valence-electron chi connectivity index (χ3n) is 8.10. The van der Waals surface area contributed by atoms with E-state index in [2.05, 4.69) is 24.5 Å². The number of rotatable bonds is 28. The number of hydrogen-bond donors (Lipinski definition) is 2. The van der Waals surface area contributed by atoms with Crippen molar-refractivity contribution in [1.82, 2.24) is 10.6 Å². The van der Waals surface area contributed by atoms with Crippen LogP contribution in [0.1, 0.15) is 159 Å². The van der Waals surface area contributed by atoms with Gasteiger partial charge in [0.2, 0.25) is 0 Å². The number of carbonyl (C=O) groups is 1. The van der Waals surface area contributed by atoms with E-state index in [1.54, 1.807) is 0 Å². The lowest BCUT2D eigenvalue weighted by Crippen LogP contribution is -2.27. The number of unbranched alkanes of at least 4 members (excludes halogenated alkanes) is 18. The van der Waals surface area contributed by atoms with Gasteiger partial charge in [0.25, 0.3) is 5.91 Å². The maximum absolute atomic E-state index is 12.2. The van der Waals surface area contributed by atoms with E-state index in [1.165, 1.54) is 128 Å². The van der Waals surface area contributed by atoms with E-state index >= 15 is 0 Å². The molecular formula is C36H67N3O. The topological polar surface area (TPSA) is 44.4 Å². The minimum absolute atomic E-state index is 0.0180. The average molecular weight is 558 g/mol. The second kappa shape index (κ2) is 26.4. The molecule has 4 heteroatoms. The molecule has 0 aliphatic rings. The maximum Gasteiger partial charge on any atom is 0.251 e. The van der Waals surface area contributed by atoms with Crippen molar-refractivity contribution in [1.29, 1.82) is 0 Å². The van der Waals surface area contributed by atoms with Crippen LogP contribution in [0, 0.1) is 5.92 Å². The van der Waals surface area contributed by atoms with Gasteiger partial charge in [0.1, 0.15) is 0 Å². The highest BCUT2D eigenvalue weighted by Crippen LogP contribution is 2.16. The molecule has 0 saturated carbocycles. The molecule has 4 nitrogen and oxygen atoms in total. The van der Waals surface area contributed by atoms with Crippen LogP contribution in [-0.2, 0) is 0 Å². The van der Waals surface area contributed by atoms with Crippen LogP contribution in [0.3, 0.4) is 0 Å². The Hall–Kier alpha value is -1.55. The second-order valence-corrected chi connectivity index (χ2v) is 12.7. The number of nitrogens with zero attached hydrogens (tertiary/aromatic N) is 1. The Labute approximate surface area is 249 Å². The molecule has 0 aliphatic carbocycles. The standard InChI is InChI=1S/C36H67N3O/c1-33(2)25-22-20-18-16-14-12-10-8-6-5-7-9-11-13-15-17-19-21-23-30-37-31-24-32-38-36(40)34-26-28-35(29-27-34)39(3)4/h26-29,33,37H,5-25,30-32H2,1-4H3,(H,38,40). The summed E-state index contributed by atoms with van der Waals surface area (Å²) in [7, 11) is 4.01. The van der Waals surface area contributed by atoms with Crippen LogP contribution in [0.15, 0.2) is 24.3 Å². The van der Waals surface area contributed by atoms with Crippen LogP contribution in [0.5, 0.6) is 0 Å². The van der Waals surface area contributed by atoms with Gasteiger partial charge < -0.3 is 15.5 Å². The molecule has 0 unspecified atom stereocenters. The average Bonchev–Trinajstić information content (AvgIpc) is 2.94. The van der Waals surface area contributed by atoms with Crippen LogP contribution in [0.4, 0.5) is 5.69 Å². The van der Waals surface area contributed by atoms with Crippen molar-refractivity contribution >= 4 is 11.6 Å². The predicted octanol–water partition coefficient (Wildman–Crippen LogP) is 9.92. The lowest BCUT2D eigenvalue weighted by atomic mass is 10.0. The molecule has 0 fully saturated rings. The molecule has 0 aliphatic heterocycles. The molecule has 1 rings (SSSR count). The summed E-state index contributed by atoms with van der Waals surface area (Å²) in [4.78, 5) is 14.3. The molecule has 0 spiro atoms. The van der Waals surface area contributed by atoms with E-state index in [4.69, 9.17) is 0 Å². The highest BCUT2D eigenvalue weighted by molar-refractivity contribution is 5.94. The number of nitrogens with one attached hydrogen (secondary N) is 2. The molecule has 40 heavy (non-hydrogen) atoms. The maximum atomic E-state index is 12.2. The summed E-state index contributed by atoms with van der Waals surface area (Å²) in [6, 6.07) is 7.75. The number of carbonyl (C=O) groups excluding carboxylic acids is 1. The van der Waals surface area contributed by atoms with E-state index in [-0.39, 0.29) is 5.91 Å². The molecule has 0 heterocycles. The van der Waals surface area contributed by atoms with E-state index in [1.807, 2.05) is 43.3 Å². The van der Waals surface area contributed by atoms with E-state index in [0.29, 0.717) is 0 Å². The van der Waals surface area contributed by atoms with Gasteiger partial charge in [-0.3, -0.25) is 4.79 Å². The Bertz CT molecular complexity index is 686. The van der Waals surface area contributed by atoms with E-state index < -0.39 is 0 Å². The summed E-state index contributed by atoms with van der Waals surface area (Å²) in [6.07, 6.45) is 29.6. The van der Waals surface area contributed by atoms with Crippen LogP contribution >= 0.6 is 0 Å². The first-order chi connectivity index (χ1) is 19.5. The fourth-order valence-corrected chi connectivity index (χ4v) is 5.36. The molecule has 1 aromatic carbocycles. The first-order valence-corrected chi connectivity index (χ1v) is 17.3. The monoisotopic (exact) mass is 558 g/mol. The van der Waals surface area contributed by atoms with Gasteiger partial charge in [0.15, 0.2) is 0 Å². The minimum Gasteiger partial charge on any atom is -0.378 e. The van der Waals surface area contributed by atoms with Gasteiger partial charge in [0.05, 0.1) is 0 Å². The van der Waals surface area contributed by atoms with Crippen molar-refractivity contribution in [3.63, 3.8) is 0 Å². The lowest BCUT2D eigenvalue weighted by Gasteiger charge is -2.12. The van der Waals surface area contributed by atoms with E-state index in [0.717, 1.165) is 43.2 Å². The summed E-state index contributed by atoms with van der Waals surface area (Å²) in [5.41, 5.74) is 1.84. The fraction of sp³-hybridized carbons (Fsp3) is 0.806. The molecule has 1 aromatic rings. The number of hydrogen-bond acceptors (Lipinski definition) is 3. The Balaban J connectivity index is 1.72. The van der Waals surface area contributed by atoms with Crippen molar-refractivity contribution < 1.29 is 4.79 Å². The summed E-state index contributed by atoms with van der Waals surface area (Å²) >= 11 is 0. The Morgan fingerprint density at radius 1 is 0.575 bits per heavy atom. The minimum atomic E-state index is 0.0180. The van der Waals surface area contributed by atoms with Gasteiger partial charge >= 0.3 is 0 Å². The summed E-state index contributed by atoms with van der Waals surface area (Å²) in [5.74, 6) is 0.901. The molecule has 0 radical (unpaired) electrons. The van der Waals surface area contributed by atoms with Gasteiger partial charge in [-0.25, -0.2) is 0 Å². The number of amides is 1. The van der Waals surface area contributed by atoms with Gasteiger partial charge in [-0.05, 0) is 56.1 Å². The van der Waals surface area contributed by atoms with Crippen LogP contribution in [-0.4, -0.2) is 39.6 Å². The molecule has 0 saturated heterocycles.